The predicted molar refractivity (Wildman–Crippen MR) is 71.3 cm³/mol. The van der Waals surface area contributed by atoms with Crippen LogP contribution in [0.4, 0.5) is 4.79 Å². The van der Waals surface area contributed by atoms with Crippen molar-refractivity contribution in [3.05, 3.63) is 48.8 Å². The van der Waals surface area contributed by atoms with Crippen LogP contribution in [0.15, 0.2) is 43.2 Å². The van der Waals surface area contributed by atoms with Crippen LogP contribution in [0.5, 0.6) is 0 Å². The normalized spacial score (nSPS) is 11.8. The molecular formula is C13H17N5O. The topological polar surface area (TPSA) is 71.8 Å². The first-order chi connectivity index (χ1) is 9.24. The summed E-state index contributed by atoms with van der Waals surface area (Å²) in [4.78, 5) is 19.6. The van der Waals surface area contributed by atoms with Crippen LogP contribution in [0.3, 0.4) is 0 Å². The van der Waals surface area contributed by atoms with Gasteiger partial charge in [-0.2, -0.15) is 0 Å². The van der Waals surface area contributed by atoms with Gasteiger partial charge >= 0.3 is 6.03 Å². The highest BCUT2D eigenvalue weighted by Crippen LogP contribution is 1.95. The zero-order valence-corrected chi connectivity index (χ0v) is 10.8. The molecule has 0 spiro atoms. The van der Waals surface area contributed by atoms with Gasteiger partial charge in [0, 0.05) is 43.9 Å². The van der Waals surface area contributed by atoms with E-state index in [0.717, 1.165) is 5.56 Å². The SMILES string of the molecule is CC(Cn1ccnc1)NC(=O)NCc1ccncc1. The number of nitrogens with zero attached hydrogens (tertiary/aromatic N) is 3. The second kappa shape index (κ2) is 6.53. The summed E-state index contributed by atoms with van der Waals surface area (Å²) in [6, 6.07) is 3.60. The number of pyridine rings is 1. The Morgan fingerprint density at radius 2 is 2.11 bits per heavy atom. The van der Waals surface area contributed by atoms with Gasteiger partial charge in [-0.15, -0.1) is 0 Å². The Bertz CT molecular complexity index is 497. The molecule has 19 heavy (non-hydrogen) atoms. The lowest BCUT2D eigenvalue weighted by Crippen LogP contribution is -2.42. The first-order valence-corrected chi connectivity index (χ1v) is 6.13. The molecule has 1 atom stereocenters. The molecule has 0 aliphatic carbocycles. The highest BCUT2D eigenvalue weighted by atomic mass is 16.2. The Hall–Kier alpha value is -2.37. The van der Waals surface area contributed by atoms with Crippen molar-refractivity contribution in [3.63, 3.8) is 0 Å². The molecular weight excluding hydrogens is 242 g/mol. The van der Waals surface area contributed by atoms with Gasteiger partial charge in [0.2, 0.25) is 0 Å². The zero-order valence-electron chi connectivity index (χ0n) is 10.8. The number of amides is 2. The van der Waals surface area contributed by atoms with Crippen LogP contribution in [0.2, 0.25) is 0 Å². The van der Waals surface area contributed by atoms with E-state index in [9.17, 15) is 4.79 Å². The van der Waals surface area contributed by atoms with E-state index in [4.69, 9.17) is 0 Å². The lowest BCUT2D eigenvalue weighted by Gasteiger charge is -2.15. The summed E-state index contributed by atoms with van der Waals surface area (Å²) >= 11 is 0. The molecule has 0 radical (unpaired) electrons. The second-order valence-electron chi connectivity index (χ2n) is 4.34. The van der Waals surface area contributed by atoms with Gasteiger partial charge in [0.05, 0.1) is 6.33 Å². The monoisotopic (exact) mass is 259 g/mol. The minimum atomic E-state index is -0.176. The number of hydrogen-bond donors (Lipinski definition) is 2. The van der Waals surface area contributed by atoms with E-state index < -0.39 is 0 Å². The fourth-order valence-corrected chi connectivity index (χ4v) is 1.71. The highest BCUT2D eigenvalue weighted by Gasteiger charge is 2.07. The summed E-state index contributed by atoms with van der Waals surface area (Å²) in [5.74, 6) is 0. The van der Waals surface area contributed by atoms with Crippen molar-refractivity contribution in [1.29, 1.82) is 0 Å². The van der Waals surface area contributed by atoms with Crippen molar-refractivity contribution in [3.8, 4) is 0 Å². The zero-order chi connectivity index (χ0) is 13.5. The summed E-state index contributed by atoms with van der Waals surface area (Å²) in [6.45, 7) is 3.14. The van der Waals surface area contributed by atoms with Crippen molar-refractivity contribution < 1.29 is 4.79 Å². The van der Waals surface area contributed by atoms with Crippen molar-refractivity contribution in [2.45, 2.75) is 26.1 Å². The molecule has 0 saturated carbocycles. The molecule has 0 saturated heterocycles. The number of urea groups is 1. The van der Waals surface area contributed by atoms with Crippen molar-refractivity contribution >= 4 is 6.03 Å². The third-order valence-electron chi connectivity index (χ3n) is 2.62. The van der Waals surface area contributed by atoms with Crippen LogP contribution in [-0.4, -0.2) is 26.6 Å². The molecule has 2 rings (SSSR count). The van der Waals surface area contributed by atoms with Crippen LogP contribution in [-0.2, 0) is 13.1 Å². The summed E-state index contributed by atoms with van der Waals surface area (Å²) in [5.41, 5.74) is 1.02. The Kier molecular flexibility index (Phi) is 4.49. The van der Waals surface area contributed by atoms with Gasteiger partial charge in [0.1, 0.15) is 0 Å². The maximum atomic E-state index is 11.7. The number of imidazole rings is 1. The fourth-order valence-electron chi connectivity index (χ4n) is 1.71. The molecule has 0 aliphatic heterocycles. The van der Waals surface area contributed by atoms with Gasteiger partial charge in [0.15, 0.2) is 0 Å². The standard InChI is InChI=1S/C13H17N5O/c1-11(9-18-7-6-15-10-18)17-13(19)16-8-12-2-4-14-5-3-12/h2-7,10-11H,8-9H2,1H3,(H2,16,17,19). The average Bonchev–Trinajstić information content (AvgIpc) is 2.90. The van der Waals surface area contributed by atoms with Crippen molar-refractivity contribution in [2.75, 3.05) is 0 Å². The van der Waals surface area contributed by atoms with Crippen LogP contribution in [0, 0.1) is 0 Å². The van der Waals surface area contributed by atoms with Crippen molar-refractivity contribution in [1.82, 2.24) is 25.2 Å². The largest absolute Gasteiger partial charge is 0.335 e. The van der Waals surface area contributed by atoms with Gasteiger partial charge in [-0.3, -0.25) is 4.98 Å². The molecule has 2 N–H and O–H groups in total. The minimum absolute atomic E-state index is 0.0339. The van der Waals surface area contributed by atoms with E-state index >= 15 is 0 Å². The molecule has 0 aromatic carbocycles. The average molecular weight is 259 g/mol. The highest BCUT2D eigenvalue weighted by molar-refractivity contribution is 5.74. The minimum Gasteiger partial charge on any atom is -0.335 e. The van der Waals surface area contributed by atoms with E-state index in [1.54, 1.807) is 24.9 Å². The number of aromatic nitrogens is 3. The summed E-state index contributed by atoms with van der Waals surface area (Å²) < 4.78 is 1.92. The third-order valence-corrected chi connectivity index (χ3v) is 2.62. The lowest BCUT2D eigenvalue weighted by atomic mass is 10.3. The van der Waals surface area contributed by atoms with Crippen molar-refractivity contribution in [2.24, 2.45) is 0 Å². The number of carbonyl (C=O) groups is 1. The summed E-state index contributed by atoms with van der Waals surface area (Å²) in [5, 5.41) is 5.68. The molecule has 2 amide bonds. The molecule has 0 bridgehead atoms. The number of carbonyl (C=O) groups excluding carboxylic acids is 1. The Morgan fingerprint density at radius 3 is 2.79 bits per heavy atom. The summed E-state index contributed by atoms with van der Waals surface area (Å²) in [7, 11) is 0. The van der Waals surface area contributed by atoms with E-state index in [1.165, 1.54) is 0 Å². The molecule has 0 fully saturated rings. The molecule has 2 aromatic rings. The van der Waals surface area contributed by atoms with Gasteiger partial charge in [-0.1, -0.05) is 0 Å². The van der Waals surface area contributed by atoms with Gasteiger partial charge in [0.25, 0.3) is 0 Å². The van der Waals surface area contributed by atoms with Gasteiger partial charge in [-0.05, 0) is 24.6 Å². The van der Waals surface area contributed by atoms with E-state index in [0.29, 0.717) is 13.1 Å². The Labute approximate surface area is 111 Å². The predicted octanol–water partition coefficient (Wildman–Crippen LogP) is 1.17. The molecule has 6 nitrogen and oxygen atoms in total. The quantitative estimate of drug-likeness (QED) is 0.846. The van der Waals surface area contributed by atoms with E-state index in [1.807, 2.05) is 29.8 Å². The molecule has 2 aromatic heterocycles. The number of nitrogens with one attached hydrogen (secondary N) is 2. The first kappa shape index (κ1) is 13.1. The van der Waals surface area contributed by atoms with Crippen LogP contribution in [0.1, 0.15) is 12.5 Å². The van der Waals surface area contributed by atoms with Crippen LogP contribution in [0.25, 0.3) is 0 Å². The smallest absolute Gasteiger partial charge is 0.315 e. The van der Waals surface area contributed by atoms with Gasteiger partial charge < -0.3 is 15.2 Å². The Balaban J connectivity index is 1.72. The number of hydrogen-bond acceptors (Lipinski definition) is 3. The van der Waals surface area contributed by atoms with Crippen LogP contribution >= 0.6 is 0 Å². The maximum Gasteiger partial charge on any atom is 0.315 e. The molecule has 100 valence electrons. The maximum absolute atomic E-state index is 11.7. The molecule has 0 aliphatic rings. The molecule has 6 heteroatoms. The summed E-state index contributed by atoms with van der Waals surface area (Å²) in [6.07, 6.45) is 8.73. The molecule has 1 unspecified atom stereocenters. The first-order valence-electron chi connectivity index (χ1n) is 6.13. The number of rotatable bonds is 5. The van der Waals surface area contributed by atoms with E-state index in [2.05, 4.69) is 20.6 Å². The lowest BCUT2D eigenvalue weighted by molar-refractivity contribution is 0.236. The third kappa shape index (κ3) is 4.42. The molecule has 2 heterocycles. The van der Waals surface area contributed by atoms with Crippen LogP contribution < -0.4 is 10.6 Å². The van der Waals surface area contributed by atoms with E-state index in [-0.39, 0.29) is 12.1 Å². The Morgan fingerprint density at radius 1 is 1.32 bits per heavy atom. The second-order valence-corrected chi connectivity index (χ2v) is 4.34. The fraction of sp³-hybridized carbons (Fsp3) is 0.308. The van der Waals surface area contributed by atoms with Gasteiger partial charge in [-0.25, -0.2) is 9.78 Å².